The number of fused-ring (bicyclic) bond motifs is 1. The van der Waals surface area contributed by atoms with Crippen LogP contribution in [0.3, 0.4) is 0 Å². The van der Waals surface area contributed by atoms with E-state index in [1.54, 1.807) is 25.6 Å². The number of benzene rings is 2. The van der Waals surface area contributed by atoms with Crippen LogP contribution in [0.15, 0.2) is 47.8 Å². The Morgan fingerprint density at radius 3 is 2.71 bits per heavy atom. The summed E-state index contributed by atoms with van der Waals surface area (Å²) >= 11 is 1.69. The summed E-state index contributed by atoms with van der Waals surface area (Å²) < 4.78 is 12.1. The highest BCUT2D eigenvalue weighted by molar-refractivity contribution is 7.17. The lowest BCUT2D eigenvalue weighted by atomic mass is 9.95. The molecule has 1 N–H and O–H groups in total. The highest BCUT2D eigenvalue weighted by Crippen LogP contribution is 2.42. The van der Waals surface area contributed by atoms with Gasteiger partial charge in [-0.05, 0) is 52.9 Å². The maximum absolute atomic E-state index is 11.9. The molecule has 146 valence electrons. The lowest BCUT2D eigenvalue weighted by Gasteiger charge is -2.32. The second kappa shape index (κ2) is 7.81. The van der Waals surface area contributed by atoms with E-state index in [0.29, 0.717) is 17.9 Å². The summed E-state index contributed by atoms with van der Waals surface area (Å²) in [4.78, 5) is 14.0. The lowest BCUT2D eigenvalue weighted by molar-refractivity contribution is -0.142. The summed E-state index contributed by atoms with van der Waals surface area (Å²) in [5, 5.41) is 13.1. The third kappa shape index (κ3) is 3.23. The Balaban J connectivity index is 1.88. The van der Waals surface area contributed by atoms with Crippen molar-refractivity contribution in [3.05, 3.63) is 59.0 Å². The van der Waals surface area contributed by atoms with Gasteiger partial charge in [-0.25, -0.2) is 0 Å². The van der Waals surface area contributed by atoms with Crippen molar-refractivity contribution < 1.29 is 19.4 Å². The second-order valence-corrected chi connectivity index (χ2v) is 7.85. The molecular weight excluding hydrogens is 374 g/mol. The predicted molar refractivity (Wildman–Crippen MR) is 111 cm³/mol. The molecule has 2 atom stereocenters. The van der Waals surface area contributed by atoms with Crippen LogP contribution in [0, 0.1) is 0 Å². The van der Waals surface area contributed by atoms with Gasteiger partial charge < -0.3 is 14.6 Å². The summed E-state index contributed by atoms with van der Waals surface area (Å²) in [6.45, 7) is 0.750. The molecule has 1 aliphatic rings. The minimum absolute atomic E-state index is 0.153. The van der Waals surface area contributed by atoms with Gasteiger partial charge in [-0.2, -0.15) is 0 Å². The predicted octanol–water partition coefficient (Wildman–Crippen LogP) is 4.56. The first-order chi connectivity index (χ1) is 13.6. The van der Waals surface area contributed by atoms with Crippen molar-refractivity contribution in [2.75, 3.05) is 20.8 Å². The van der Waals surface area contributed by atoms with Crippen molar-refractivity contribution >= 4 is 27.4 Å². The first kappa shape index (κ1) is 18.8. The molecule has 4 rings (SSSR count). The van der Waals surface area contributed by atoms with Gasteiger partial charge in [0.05, 0.1) is 20.3 Å². The number of carboxylic acid groups (broad SMARTS) is 1. The molecule has 1 fully saturated rings. The van der Waals surface area contributed by atoms with Crippen LogP contribution in [0.1, 0.15) is 30.0 Å². The number of rotatable bonds is 6. The molecule has 0 amide bonds. The van der Waals surface area contributed by atoms with Crippen molar-refractivity contribution in [2.45, 2.75) is 24.9 Å². The van der Waals surface area contributed by atoms with Crippen LogP contribution >= 0.6 is 11.3 Å². The Morgan fingerprint density at radius 1 is 1.18 bits per heavy atom. The van der Waals surface area contributed by atoms with Crippen LogP contribution in [0.25, 0.3) is 10.1 Å². The van der Waals surface area contributed by atoms with Crippen molar-refractivity contribution in [2.24, 2.45) is 0 Å². The van der Waals surface area contributed by atoms with Gasteiger partial charge in [-0.15, -0.1) is 11.3 Å². The highest BCUT2D eigenvalue weighted by Gasteiger charge is 2.38. The summed E-state index contributed by atoms with van der Waals surface area (Å²) in [6, 6.07) is 13.5. The largest absolute Gasteiger partial charge is 0.493 e. The van der Waals surface area contributed by atoms with E-state index in [1.807, 2.05) is 30.3 Å². The van der Waals surface area contributed by atoms with Gasteiger partial charge in [0, 0.05) is 11.2 Å². The average molecular weight is 397 g/mol. The standard InChI is InChI=1S/C22H23NO4S/c1-26-18-10-9-14(12-19(18)27-2)21(23-11-5-7-17(23)22(24)25)16-13-28-20-8-4-3-6-15(16)20/h3-4,6,8-10,12-13,17,21H,5,7,11H2,1-2H3,(H,24,25). The Morgan fingerprint density at radius 2 is 1.96 bits per heavy atom. The molecule has 0 aliphatic carbocycles. The van der Waals surface area contributed by atoms with Crippen LogP contribution in [-0.2, 0) is 4.79 Å². The summed E-state index contributed by atoms with van der Waals surface area (Å²) in [7, 11) is 3.23. The van der Waals surface area contributed by atoms with Crippen LogP contribution < -0.4 is 9.47 Å². The molecule has 5 nitrogen and oxygen atoms in total. The van der Waals surface area contributed by atoms with Gasteiger partial charge in [0.2, 0.25) is 0 Å². The molecule has 6 heteroatoms. The molecule has 1 aliphatic heterocycles. The Kier molecular flexibility index (Phi) is 5.24. The SMILES string of the molecule is COc1ccc(C(c2csc3ccccc23)N2CCCC2C(=O)O)cc1OC. The van der Waals surface area contributed by atoms with Crippen LogP contribution in [-0.4, -0.2) is 42.8 Å². The van der Waals surface area contributed by atoms with Crippen LogP contribution in [0.4, 0.5) is 0 Å². The summed E-state index contributed by atoms with van der Waals surface area (Å²) in [6.07, 6.45) is 1.55. The number of hydrogen-bond donors (Lipinski definition) is 1. The topological polar surface area (TPSA) is 59.0 Å². The number of nitrogens with zero attached hydrogens (tertiary/aromatic N) is 1. The Labute approximate surface area is 168 Å². The molecular formula is C22H23NO4S. The van der Waals surface area contributed by atoms with Gasteiger partial charge in [0.25, 0.3) is 0 Å². The zero-order chi connectivity index (χ0) is 19.7. The van der Waals surface area contributed by atoms with Gasteiger partial charge in [0.15, 0.2) is 11.5 Å². The number of carboxylic acids is 1. The molecule has 28 heavy (non-hydrogen) atoms. The van der Waals surface area contributed by atoms with Crippen molar-refractivity contribution in [1.82, 2.24) is 4.90 Å². The van der Waals surface area contributed by atoms with Gasteiger partial charge in [0.1, 0.15) is 6.04 Å². The van der Waals surface area contributed by atoms with Crippen molar-refractivity contribution in [3.63, 3.8) is 0 Å². The lowest BCUT2D eigenvalue weighted by Crippen LogP contribution is -2.39. The van der Waals surface area contributed by atoms with E-state index in [2.05, 4.69) is 22.4 Å². The Bertz CT molecular complexity index is 999. The maximum atomic E-state index is 11.9. The summed E-state index contributed by atoms with van der Waals surface area (Å²) in [5.74, 6) is 0.550. The molecule has 2 unspecified atom stereocenters. The third-order valence-electron chi connectivity index (χ3n) is 5.44. The zero-order valence-electron chi connectivity index (χ0n) is 15.9. The van der Waals surface area contributed by atoms with Crippen LogP contribution in [0.5, 0.6) is 11.5 Å². The molecule has 0 saturated carbocycles. The number of hydrogen-bond acceptors (Lipinski definition) is 5. The third-order valence-corrected chi connectivity index (χ3v) is 6.42. The van der Waals surface area contributed by atoms with Crippen molar-refractivity contribution in [3.8, 4) is 11.5 Å². The maximum Gasteiger partial charge on any atom is 0.320 e. The van der Waals surface area contributed by atoms with Gasteiger partial charge in [-0.1, -0.05) is 24.3 Å². The van der Waals surface area contributed by atoms with E-state index < -0.39 is 12.0 Å². The summed E-state index contributed by atoms with van der Waals surface area (Å²) in [5.41, 5.74) is 2.15. The quantitative estimate of drug-likeness (QED) is 0.661. The first-order valence-electron chi connectivity index (χ1n) is 9.30. The highest BCUT2D eigenvalue weighted by atomic mass is 32.1. The number of thiophene rings is 1. The Hall–Kier alpha value is -2.57. The first-order valence-corrected chi connectivity index (χ1v) is 10.2. The molecule has 1 aromatic heterocycles. The number of aliphatic carboxylic acids is 1. The van der Waals surface area contributed by atoms with Crippen LogP contribution in [0.2, 0.25) is 0 Å². The van der Waals surface area contributed by atoms with E-state index >= 15 is 0 Å². The molecule has 1 saturated heterocycles. The van der Waals surface area contributed by atoms with Crippen molar-refractivity contribution in [1.29, 1.82) is 0 Å². The second-order valence-electron chi connectivity index (χ2n) is 6.94. The van der Waals surface area contributed by atoms with E-state index in [9.17, 15) is 9.90 Å². The molecule has 3 aromatic rings. The van der Waals surface area contributed by atoms with E-state index in [-0.39, 0.29) is 6.04 Å². The molecule has 0 spiro atoms. The number of likely N-dealkylation sites (tertiary alicyclic amines) is 1. The van der Waals surface area contributed by atoms with Gasteiger partial charge in [-0.3, -0.25) is 9.69 Å². The molecule has 0 radical (unpaired) electrons. The minimum atomic E-state index is -0.762. The minimum Gasteiger partial charge on any atom is -0.493 e. The monoisotopic (exact) mass is 397 g/mol. The normalized spacial score (nSPS) is 18.3. The molecule has 2 aromatic carbocycles. The molecule has 0 bridgehead atoms. The van der Waals surface area contributed by atoms with E-state index in [0.717, 1.165) is 24.1 Å². The fourth-order valence-electron chi connectivity index (χ4n) is 4.15. The number of ether oxygens (including phenoxy) is 2. The van der Waals surface area contributed by atoms with Gasteiger partial charge >= 0.3 is 5.97 Å². The fraction of sp³-hybridized carbons (Fsp3) is 0.318. The number of methoxy groups -OCH3 is 2. The smallest absolute Gasteiger partial charge is 0.320 e. The zero-order valence-corrected chi connectivity index (χ0v) is 16.7. The fourth-order valence-corrected chi connectivity index (χ4v) is 5.13. The molecule has 2 heterocycles. The van der Waals surface area contributed by atoms with E-state index in [4.69, 9.17) is 9.47 Å². The average Bonchev–Trinajstić information content (AvgIpc) is 3.36. The van der Waals surface area contributed by atoms with E-state index in [1.165, 1.54) is 10.1 Å². The number of carbonyl (C=O) groups is 1.